The molecule has 5 heteroatoms. The van der Waals surface area contributed by atoms with E-state index in [4.69, 9.17) is 34.8 Å². The number of aromatic nitrogens is 1. The molecule has 2 aromatic rings. The molecule has 0 amide bonds. The van der Waals surface area contributed by atoms with Gasteiger partial charge in [-0.2, -0.15) is 0 Å². The Bertz CT molecular complexity index is 614. The summed E-state index contributed by atoms with van der Waals surface area (Å²) in [5.74, 6) is 0. The van der Waals surface area contributed by atoms with Gasteiger partial charge in [-0.05, 0) is 43.7 Å². The highest BCUT2D eigenvalue weighted by atomic mass is 35.5. The van der Waals surface area contributed by atoms with Crippen LogP contribution in [0.15, 0.2) is 30.5 Å². The summed E-state index contributed by atoms with van der Waals surface area (Å²) in [6.07, 6.45) is 2.31. The second-order valence-electron chi connectivity index (χ2n) is 4.66. The molecular formula is C15H15Cl3N2. The zero-order valence-electron chi connectivity index (χ0n) is 11.3. The number of nitrogens with zero attached hydrogens (tertiary/aromatic N) is 1. The summed E-state index contributed by atoms with van der Waals surface area (Å²) < 4.78 is 0. The summed E-state index contributed by atoms with van der Waals surface area (Å²) in [5, 5.41) is 5.07. The van der Waals surface area contributed by atoms with Crippen molar-refractivity contribution in [2.45, 2.75) is 19.4 Å². The summed E-state index contributed by atoms with van der Waals surface area (Å²) in [4.78, 5) is 4.32. The van der Waals surface area contributed by atoms with Crippen molar-refractivity contribution in [1.82, 2.24) is 10.3 Å². The largest absolute Gasteiger partial charge is 0.311 e. The van der Waals surface area contributed by atoms with Crippen molar-refractivity contribution in [2.75, 3.05) is 7.05 Å². The molecule has 1 atom stereocenters. The maximum absolute atomic E-state index is 6.28. The fourth-order valence-electron chi connectivity index (χ4n) is 2.05. The predicted molar refractivity (Wildman–Crippen MR) is 86.0 cm³/mol. The molecule has 1 heterocycles. The van der Waals surface area contributed by atoms with Crippen molar-refractivity contribution in [3.63, 3.8) is 0 Å². The maximum atomic E-state index is 6.28. The molecule has 106 valence electrons. The SMILES string of the molecule is CNC(Cc1ccc(C)cc1Cl)c1ncc(Cl)cc1Cl. The first-order chi connectivity index (χ1) is 9.51. The second kappa shape index (κ2) is 6.77. The van der Waals surface area contributed by atoms with E-state index in [-0.39, 0.29) is 6.04 Å². The van der Waals surface area contributed by atoms with Crippen LogP contribution in [0.25, 0.3) is 0 Å². The summed E-state index contributed by atoms with van der Waals surface area (Å²) in [5.41, 5.74) is 2.97. The minimum atomic E-state index is -0.0139. The number of hydrogen-bond donors (Lipinski definition) is 1. The molecule has 0 saturated heterocycles. The Morgan fingerprint density at radius 2 is 1.90 bits per heavy atom. The van der Waals surface area contributed by atoms with Crippen LogP contribution >= 0.6 is 34.8 Å². The summed E-state index contributed by atoms with van der Waals surface area (Å²) in [6, 6.07) is 7.73. The van der Waals surface area contributed by atoms with Gasteiger partial charge in [0.05, 0.1) is 21.8 Å². The van der Waals surface area contributed by atoms with Gasteiger partial charge in [0.1, 0.15) is 0 Å². The van der Waals surface area contributed by atoms with Crippen molar-refractivity contribution >= 4 is 34.8 Å². The molecule has 0 saturated carbocycles. The highest BCUT2D eigenvalue weighted by Crippen LogP contribution is 2.28. The summed E-state index contributed by atoms with van der Waals surface area (Å²) in [7, 11) is 1.87. The van der Waals surface area contributed by atoms with E-state index in [1.807, 2.05) is 32.2 Å². The molecule has 2 nitrogen and oxygen atoms in total. The van der Waals surface area contributed by atoms with Gasteiger partial charge in [0.15, 0.2) is 0 Å². The molecule has 0 aliphatic rings. The zero-order valence-corrected chi connectivity index (χ0v) is 13.5. The van der Waals surface area contributed by atoms with E-state index in [2.05, 4.69) is 10.3 Å². The van der Waals surface area contributed by atoms with E-state index in [0.29, 0.717) is 16.5 Å². The Hall–Kier alpha value is -0.800. The normalized spacial score (nSPS) is 12.4. The summed E-state index contributed by atoms with van der Waals surface area (Å²) >= 11 is 18.4. The van der Waals surface area contributed by atoms with E-state index in [1.165, 1.54) is 0 Å². The van der Waals surface area contributed by atoms with Gasteiger partial charge in [-0.25, -0.2) is 0 Å². The van der Waals surface area contributed by atoms with E-state index < -0.39 is 0 Å². The van der Waals surface area contributed by atoms with E-state index >= 15 is 0 Å². The third-order valence-corrected chi connectivity index (χ3v) is 4.01. The van der Waals surface area contributed by atoms with Crippen LogP contribution in [0.4, 0.5) is 0 Å². The molecule has 20 heavy (non-hydrogen) atoms. The molecule has 1 aromatic carbocycles. The Labute approximate surface area is 134 Å². The number of benzene rings is 1. The van der Waals surface area contributed by atoms with E-state index in [9.17, 15) is 0 Å². The van der Waals surface area contributed by atoms with Crippen LogP contribution in [0.2, 0.25) is 15.1 Å². The topological polar surface area (TPSA) is 24.9 Å². The lowest BCUT2D eigenvalue weighted by atomic mass is 10.0. The van der Waals surface area contributed by atoms with Gasteiger partial charge in [-0.3, -0.25) is 4.98 Å². The number of rotatable bonds is 4. The lowest BCUT2D eigenvalue weighted by Gasteiger charge is -2.18. The van der Waals surface area contributed by atoms with Crippen LogP contribution in [0.3, 0.4) is 0 Å². The van der Waals surface area contributed by atoms with Crippen LogP contribution in [0.1, 0.15) is 22.9 Å². The fourth-order valence-corrected chi connectivity index (χ4v) is 2.88. The van der Waals surface area contributed by atoms with Crippen molar-refractivity contribution in [3.8, 4) is 0 Å². The molecule has 0 spiro atoms. The third-order valence-electron chi connectivity index (χ3n) is 3.15. The monoisotopic (exact) mass is 328 g/mol. The number of likely N-dealkylation sites (N-methyl/N-ethyl adjacent to an activating group) is 1. The lowest BCUT2D eigenvalue weighted by Crippen LogP contribution is -2.20. The first-order valence-corrected chi connectivity index (χ1v) is 7.38. The molecule has 1 aromatic heterocycles. The van der Waals surface area contributed by atoms with Gasteiger partial charge in [0, 0.05) is 11.2 Å². The first-order valence-electron chi connectivity index (χ1n) is 6.24. The quantitative estimate of drug-likeness (QED) is 0.867. The molecule has 0 aliphatic heterocycles. The van der Waals surface area contributed by atoms with Gasteiger partial charge in [0.25, 0.3) is 0 Å². The van der Waals surface area contributed by atoms with Gasteiger partial charge in [0.2, 0.25) is 0 Å². The molecule has 2 rings (SSSR count). The zero-order chi connectivity index (χ0) is 14.7. The Morgan fingerprint density at radius 1 is 1.15 bits per heavy atom. The van der Waals surface area contributed by atoms with Crippen LogP contribution in [0, 0.1) is 6.92 Å². The van der Waals surface area contributed by atoms with Crippen molar-refractivity contribution in [2.24, 2.45) is 0 Å². The standard InChI is InChI=1S/C15H15Cl3N2/c1-9-3-4-10(12(17)5-9)6-14(19-2)15-13(18)7-11(16)8-20-15/h3-5,7-8,14,19H,6H2,1-2H3. The van der Waals surface area contributed by atoms with Gasteiger partial charge < -0.3 is 5.32 Å². The Kier molecular flexibility index (Phi) is 5.28. The highest BCUT2D eigenvalue weighted by Gasteiger charge is 2.17. The van der Waals surface area contributed by atoms with Crippen molar-refractivity contribution < 1.29 is 0 Å². The minimum Gasteiger partial charge on any atom is -0.311 e. The van der Waals surface area contributed by atoms with Crippen molar-refractivity contribution in [1.29, 1.82) is 0 Å². The maximum Gasteiger partial charge on any atom is 0.0763 e. The number of hydrogen-bond acceptors (Lipinski definition) is 2. The van der Waals surface area contributed by atoms with Crippen LogP contribution in [0.5, 0.6) is 0 Å². The summed E-state index contributed by atoms with van der Waals surface area (Å²) in [6.45, 7) is 2.02. The molecule has 0 bridgehead atoms. The van der Waals surface area contributed by atoms with Gasteiger partial charge in [-0.15, -0.1) is 0 Å². The molecule has 0 fully saturated rings. The van der Waals surface area contributed by atoms with Gasteiger partial charge in [-0.1, -0.05) is 46.9 Å². The Balaban J connectivity index is 2.28. The molecule has 1 N–H and O–H groups in total. The molecule has 0 radical (unpaired) electrons. The fraction of sp³-hybridized carbons (Fsp3) is 0.267. The lowest BCUT2D eigenvalue weighted by molar-refractivity contribution is 0.576. The van der Waals surface area contributed by atoms with E-state index in [0.717, 1.165) is 21.8 Å². The van der Waals surface area contributed by atoms with Gasteiger partial charge >= 0.3 is 0 Å². The number of nitrogens with one attached hydrogen (secondary N) is 1. The van der Waals surface area contributed by atoms with E-state index in [1.54, 1.807) is 12.3 Å². The molecular weight excluding hydrogens is 315 g/mol. The second-order valence-corrected chi connectivity index (χ2v) is 5.91. The van der Waals surface area contributed by atoms with Crippen LogP contribution < -0.4 is 5.32 Å². The number of aryl methyl sites for hydroxylation is 1. The Morgan fingerprint density at radius 3 is 2.50 bits per heavy atom. The average Bonchev–Trinajstić information content (AvgIpc) is 2.39. The smallest absolute Gasteiger partial charge is 0.0763 e. The first kappa shape index (κ1) is 15.6. The highest BCUT2D eigenvalue weighted by molar-refractivity contribution is 6.34. The van der Waals surface area contributed by atoms with Crippen LogP contribution in [-0.4, -0.2) is 12.0 Å². The van der Waals surface area contributed by atoms with Crippen molar-refractivity contribution in [3.05, 3.63) is 62.4 Å². The predicted octanol–water partition coefficient (Wildman–Crippen LogP) is 4.85. The minimum absolute atomic E-state index is 0.0139. The third kappa shape index (κ3) is 3.64. The number of halogens is 3. The number of pyridine rings is 1. The molecule has 0 aliphatic carbocycles. The average molecular weight is 330 g/mol. The molecule has 1 unspecified atom stereocenters. The van der Waals surface area contributed by atoms with Crippen LogP contribution in [-0.2, 0) is 6.42 Å².